The monoisotopic (exact) mass is 292 g/mol. The Balaban J connectivity index is 1.68. The lowest BCUT2D eigenvalue weighted by molar-refractivity contribution is -0.121. The average Bonchev–Trinajstić information content (AvgIpc) is 2.49. The van der Waals surface area contributed by atoms with Crippen molar-refractivity contribution in [1.82, 2.24) is 10.6 Å². The highest BCUT2D eigenvalue weighted by Gasteiger charge is 2.15. The molecule has 0 atom stereocenters. The molecule has 2 rings (SSSR count). The molecule has 21 heavy (non-hydrogen) atoms. The molecule has 1 aromatic carbocycles. The van der Waals surface area contributed by atoms with E-state index in [0.29, 0.717) is 19.7 Å². The minimum Gasteiger partial charge on any atom is -0.494 e. The van der Waals surface area contributed by atoms with Crippen molar-refractivity contribution in [2.24, 2.45) is 0 Å². The molecule has 1 heterocycles. The highest BCUT2D eigenvalue weighted by atomic mass is 16.5. The summed E-state index contributed by atoms with van der Waals surface area (Å²) in [6, 6.07) is 8.17. The first-order chi connectivity index (χ1) is 10.3. The second-order valence-electron chi connectivity index (χ2n) is 5.14. The van der Waals surface area contributed by atoms with Crippen molar-refractivity contribution in [3.63, 3.8) is 0 Å². The van der Waals surface area contributed by atoms with Gasteiger partial charge in [-0.25, -0.2) is 0 Å². The molecule has 0 saturated carbocycles. The molecule has 1 amide bonds. The molecule has 0 aliphatic carbocycles. The van der Waals surface area contributed by atoms with E-state index in [0.717, 1.165) is 37.4 Å². The molecule has 0 unspecified atom stereocenters. The largest absolute Gasteiger partial charge is 0.494 e. The van der Waals surface area contributed by atoms with Crippen LogP contribution in [0.15, 0.2) is 24.3 Å². The van der Waals surface area contributed by atoms with Gasteiger partial charge in [0, 0.05) is 25.8 Å². The number of nitrogens with one attached hydrogen (secondary N) is 2. The number of ether oxygens (including phenoxy) is 2. The van der Waals surface area contributed by atoms with Crippen LogP contribution in [0.3, 0.4) is 0 Å². The fraction of sp³-hybridized carbons (Fsp3) is 0.562. The Morgan fingerprint density at radius 1 is 1.38 bits per heavy atom. The first kappa shape index (κ1) is 15.8. The maximum absolute atomic E-state index is 11.8. The topological polar surface area (TPSA) is 59.6 Å². The van der Waals surface area contributed by atoms with Crippen molar-refractivity contribution in [3.8, 4) is 5.75 Å². The van der Waals surface area contributed by atoms with Crippen LogP contribution in [0.4, 0.5) is 0 Å². The van der Waals surface area contributed by atoms with E-state index < -0.39 is 0 Å². The van der Waals surface area contributed by atoms with Gasteiger partial charge in [-0.2, -0.15) is 0 Å². The Labute approximate surface area is 126 Å². The predicted molar refractivity (Wildman–Crippen MR) is 81.3 cm³/mol. The van der Waals surface area contributed by atoms with Gasteiger partial charge in [0.05, 0.1) is 13.2 Å². The van der Waals surface area contributed by atoms with Crippen LogP contribution in [-0.4, -0.2) is 38.3 Å². The minimum absolute atomic E-state index is 0.0443. The molecule has 0 aromatic heterocycles. The van der Waals surface area contributed by atoms with Gasteiger partial charge in [0.15, 0.2) is 0 Å². The second kappa shape index (κ2) is 8.64. The highest BCUT2D eigenvalue weighted by Crippen LogP contribution is 2.12. The van der Waals surface area contributed by atoms with Gasteiger partial charge in [-0.05, 0) is 37.5 Å². The smallest absolute Gasteiger partial charge is 0.234 e. The van der Waals surface area contributed by atoms with Crippen LogP contribution >= 0.6 is 0 Å². The van der Waals surface area contributed by atoms with E-state index in [2.05, 4.69) is 10.6 Å². The summed E-state index contributed by atoms with van der Waals surface area (Å²) in [5, 5.41) is 6.19. The Kier molecular flexibility index (Phi) is 6.50. The maximum atomic E-state index is 11.8. The third kappa shape index (κ3) is 5.73. The molecule has 1 aliphatic rings. The number of hydrogen-bond acceptors (Lipinski definition) is 4. The van der Waals surface area contributed by atoms with Crippen molar-refractivity contribution in [2.45, 2.75) is 32.4 Å². The van der Waals surface area contributed by atoms with Gasteiger partial charge in [0.25, 0.3) is 0 Å². The zero-order valence-corrected chi connectivity index (χ0v) is 12.6. The summed E-state index contributed by atoms with van der Waals surface area (Å²) in [4.78, 5) is 11.8. The summed E-state index contributed by atoms with van der Waals surface area (Å²) in [7, 11) is 0. The summed E-state index contributed by atoms with van der Waals surface area (Å²) in [6.45, 7) is 5.08. The molecule has 1 aliphatic heterocycles. The molecule has 0 radical (unpaired) electrons. The van der Waals surface area contributed by atoms with E-state index in [9.17, 15) is 4.79 Å². The summed E-state index contributed by atoms with van der Waals surface area (Å²) in [5.74, 6) is 0.909. The number of rotatable bonds is 7. The van der Waals surface area contributed by atoms with Gasteiger partial charge in [0.2, 0.25) is 5.91 Å². The Hall–Kier alpha value is -1.59. The number of benzene rings is 1. The van der Waals surface area contributed by atoms with E-state index in [1.54, 1.807) is 0 Å². The van der Waals surface area contributed by atoms with Crippen molar-refractivity contribution >= 4 is 5.91 Å². The molecule has 1 aromatic rings. The maximum Gasteiger partial charge on any atom is 0.234 e. The van der Waals surface area contributed by atoms with Gasteiger partial charge >= 0.3 is 0 Å². The van der Waals surface area contributed by atoms with Crippen molar-refractivity contribution < 1.29 is 14.3 Å². The lowest BCUT2D eigenvalue weighted by Gasteiger charge is -2.23. The van der Waals surface area contributed by atoms with Gasteiger partial charge in [0.1, 0.15) is 5.75 Å². The zero-order chi connectivity index (χ0) is 14.9. The average molecular weight is 292 g/mol. The van der Waals surface area contributed by atoms with Gasteiger partial charge < -0.3 is 20.1 Å². The molecule has 5 heteroatoms. The molecule has 2 N–H and O–H groups in total. The van der Waals surface area contributed by atoms with E-state index in [1.165, 1.54) is 0 Å². The molecular formula is C16H24N2O3. The summed E-state index contributed by atoms with van der Waals surface area (Å²) < 4.78 is 10.7. The van der Waals surface area contributed by atoms with Gasteiger partial charge in [-0.3, -0.25) is 4.79 Å². The zero-order valence-electron chi connectivity index (χ0n) is 12.6. The van der Waals surface area contributed by atoms with Crippen LogP contribution in [-0.2, 0) is 16.1 Å². The fourth-order valence-electron chi connectivity index (χ4n) is 2.35. The highest BCUT2D eigenvalue weighted by molar-refractivity contribution is 5.78. The molecule has 0 bridgehead atoms. The number of carbonyl (C=O) groups is 1. The van der Waals surface area contributed by atoms with Crippen molar-refractivity contribution in [2.75, 3.05) is 26.4 Å². The lowest BCUT2D eigenvalue weighted by Crippen LogP contribution is -2.42. The molecule has 1 fully saturated rings. The lowest BCUT2D eigenvalue weighted by atomic mass is 10.1. The molecule has 1 saturated heterocycles. The standard InChI is InChI=1S/C16H24N2O3/c1-2-21-15-5-3-4-13(10-15)11-17-12-16(19)18-14-6-8-20-9-7-14/h3-5,10,14,17H,2,6-9,11-12H2,1H3,(H,18,19). The molecular weight excluding hydrogens is 268 g/mol. The quantitative estimate of drug-likeness (QED) is 0.799. The van der Waals surface area contributed by atoms with Crippen LogP contribution in [0.25, 0.3) is 0 Å². The van der Waals surface area contributed by atoms with E-state index in [1.807, 2.05) is 31.2 Å². The third-order valence-electron chi connectivity index (χ3n) is 3.41. The molecule has 5 nitrogen and oxygen atoms in total. The number of carbonyl (C=O) groups excluding carboxylic acids is 1. The van der Waals surface area contributed by atoms with Crippen molar-refractivity contribution in [3.05, 3.63) is 29.8 Å². The second-order valence-corrected chi connectivity index (χ2v) is 5.14. The van der Waals surface area contributed by atoms with Crippen molar-refractivity contribution in [1.29, 1.82) is 0 Å². The van der Waals surface area contributed by atoms with Crippen LogP contribution in [0.1, 0.15) is 25.3 Å². The van der Waals surface area contributed by atoms with Crippen LogP contribution in [0, 0.1) is 0 Å². The Bertz CT molecular complexity index is 445. The number of hydrogen-bond donors (Lipinski definition) is 2. The molecule has 116 valence electrons. The summed E-state index contributed by atoms with van der Waals surface area (Å²) in [6.07, 6.45) is 1.81. The normalized spacial score (nSPS) is 15.7. The van der Waals surface area contributed by atoms with E-state index in [-0.39, 0.29) is 11.9 Å². The fourth-order valence-corrected chi connectivity index (χ4v) is 2.35. The van der Waals surface area contributed by atoms with E-state index >= 15 is 0 Å². The van der Waals surface area contributed by atoms with Crippen LogP contribution in [0.5, 0.6) is 5.75 Å². The minimum atomic E-state index is 0.0443. The predicted octanol–water partition coefficient (Wildman–Crippen LogP) is 1.47. The van der Waals surface area contributed by atoms with Crippen LogP contribution in [0.2, 0.25) is 0 Å². The molecule has 0 spiro atoms. The first-order valence-corrected chi connectivity index (χ1v) is 7.57. The van der Waals surface area contributed by atoms with Gasteiger partial charge in [-0.15, -0.1) is 0 Å². The number of amides is 1. The SMILES string of the molecule is CCOc1cccc(CNCC(=O)NC2CCOCC2)c1. The summed E-state index contributed by atoms with van der Waals surface area (Å²) in [5.41, 5.74) is 1.11. The van der Waals surface area contributed by atoms with Gasteiger partial charge in [-0.1, -0.05) is 12.1 Å². The first-order valence-electron chi connectivity index (χ1n) is 7.57. The third-order valence-corrected chi connectivity index (χ3v) is 3.41. The Morgan fingerprint density at radius 3 is 2.95 bits per heavy atom. The Morgan fingerprint density at radius 2 is 2.19 bits per heavy atom. The van der Waals surface area contributed by atoms with E-state index in [4.69, 9.17) is 9.47 Å². The van der Waals surface area contributed by atoms with Crippen LogP contribution < -0.4 is 15.4 Å². The summed E-state index contributed by atoms with van der Waals surface area (Å²) >= 11 is 0.